The number of fused-ring (bicyclic) bond motifs is 2. The molecule has 4 aromatic rings. The molecule has 7 heteroatoms. The molecule has 0 unspecified atom stereocenters. The minimum absolute atomic E-state index is 0.164. The summed E-state index contributed by atoms with van der Waals surface area (Å²) < 4.78 is 5.71. The Kier molecular flexibility index (Phi) is 5.28. The molecule has 3 amide bonds. The maximum atomic E-state index is 12.7. The largest absolute Gasteiger partial charge is 0.483 e. The molecule has 0 aromatic heterocycles. The van der Waals surface area contributed by atoms with Gasteiger partial charge in [-0.05, 0) is 41.8 Å². The van der Waals surface area contributed by atoms with Crippen LogP contribution in [-0.4, -0.2) is 24.3 Å². The minimum Gasteiger partial charge on any atom is -0.483 e. The zero-order valence-corrected chi connectivity index (χ0v) is 18.0. The van der Waals surface area contributed by atoms with Gasteiger partial charge in [-0.15, -0.1) is 0 Å². The van der Waals surface area contributed by atoms with Crippen molar-refractivity contribution in [3.05, 3.63) is 101 Å². The number of rotatable bonds is 5. The number of nitrogens with one attached hydrogen (secondary N) is 1. The smallest absolute Gasteiger partial charge is 0.266 e. The highest BCUT2D eigenvalue weighted by atomic mass is 35.5. The van der Waals surface area contributed by atoms with Gasteiger partial charge in [-0.1, -0.05) is 60.1 Å². The van der Waals surface area contributed by atoms with Crippen LogP contribution in [0.4, 0.5) is 11.4 Å². The van der Waals surface area contributed by atoms with Crippen molar-refractivity contribution < 1.29 is 19.1 Å². The number of anilines is 2. The van der Waals surface area contributed by atoms with E-state index in [4.69, 9.17) is 16.3 Å². The monoisotopic (exact) mass is 456 g/mol. The predicted molar refractivity (Wildman–Crippen MR) is 127 cm³/mol. The zero-order valence-electron chi connectivity index (χ0n) is 17.2. The minimum atomic E-state index is -0.433. The Labute approximate surface area is 194 Å². The quantitative estimate of drug-likeness (QED) is 0.413. The van der Waals surface area contributed by atoms with E-state index >= 15 is 0 Å². The number of hydrogen-bond acceptors (Lipinski definition) is 4. The molecule has 0 radical (unpaired) electrons. The molecule has 0 bridgehead atoms. The Morgan fingerprint density at radius 2 is 1.52 bits per heavy atom. The summed E-state index contributed by atoms with van der Waals surface area (Å²) in [7, 11) is 0. The van der Waals surface area contributed by atoms with Crippen LogP contribution in [-0.2, 0) is 4.79 Å². The van der Waals surface area contributed by atoms with Gasteiger partial charge < -0.3 is 10.1 Å². The van der Waals surface area contributed by atoms with Gasteiger partial charge in [0, 0.05) is 11.1 Å². The van der Waals surface area contributed by atoms with Crippen molar-refractivity contribution in [2.24, 2.45) is 0 Å². The van der Waals surface area contributed by atoms with E-state index in [-0.39, 0.29) is 23.2 Å². The van der Waals surface area contributed by atoms with E-state index in [2.05, 4.69) is 5.32 Å². The topological polar surface area (TPSA) is 75.7 Å². The van der Waals surface area contributed by atoms with Crippen LogP contribution in [0.3, 0.4) is 0 Å². The fourth-order valence-electron chi connectivity index (χ4n) is 3.84. The number of nitrogens with zero attached hydrogens (tertiary/aromatic N) is 1. The summed E-state index contributed by atoms with van der Waals surface area (Å²) in [6.07, 6.45) is 0. The number of halogens is 1. The lowest BCUT2D eigenvalue weighted by Crippen LogP contribution is -2.29. The summed E-state index contributed by atoms with van der Waals surface area (Å²) in [5.74, 6) is -0.620. The van der Waals surface area contributed by atoms with Gasteiger partial charge in [0.1, 0.15) is 5.75 Å². The van der Waals surface area contributed by atoms with Crippen LogP contribution in [0.2, 0.25) is 5.02 Å². The lowest BCUT2D eigenvalue weighted by molar-refractivity contribution is -0.118. The fraction of sp³-hybridized carbons (Fsp3) is 0.0385. The summed E-state index contributed by atoms with van der Waals surface area (Å²) in [4.78, 5) is 38.9. The third kappa shape index (κ3) is 3.81. The summed E-state index contributed by atoms with van der Waals surface area (Å²) in [6.45, 7) is -0.189. The zero-order chi connectivity index (χ0) is 22.9. The number of imide groups is 1. The van der Waals surface area contributed by atoms with E-state index in [9.17, 15) is 14.4 Å². The van der Waals surface area contributed by atoms with Crippen LogP contribution in [0.1, 0.15) is 20.7 Å². The standard InChI is InChI=1S/C26H17ClN2O4/c27-21-14-17(12-13-22(21)29-25(31)19-9-3-4-10-20(19)26(29)32)28-24(30)15-33-23-11-5-7-16-6-1-2-8-18(16)23/h1-14H,15H2,(H,28,30). The van der Waals surface area contributed by atoms with Gasteiger partial charge in [0.15, 0.2) is 6.61 Å². The van der Waals surface area contributed by atoms with Crippen molar-refractivity contribution in [3.8, 4) is 5.75 Å². The van der Waals surface area contributed by atoms with Gasteiger partial charge in [0.05, 0.1) is 21.8 Å². The van der Waals surface area contributed by atoms with Gasteiger partial charge in [0.25, 0.3) is 17.7 Å². The lowest BCUT2D eigenvalue weighted by atomic mass is 10.1. The number of carbonyl (C=O) groups is 3. The average Bonchev–Trinajstić information content (AvgIpc) is 3.08. The second-order valence-corrected chi connectivity index (χ2v) is 7.88. The lowest BCUT2D eigenvalue weighted by Gasteiger charge is -2.16. The van der Waals surface area contributed by atoms with Crippen LogP contribution >= 0.6 is 11.6 Å². The number of hydrogen-bond donors (Lipinski definition) is 1. The highest BCUT2D eigenvalue weighted by Crippen LogP contribution is 2.35. The van der Waals surface area contributed by atoms with Gasteiger partial charge in [-0.25, -0.2) is 4.90 Å². The molecule has 0 saturated heterocycles. The second-order valence-electron chi connectivity index (χ2n) is 7.47. The molecular weight excluding hydrogens is 440 g/mol. The first-order valence-electron chi connectivity index (χ1n) is 10.2. The van der Waals surface area contributed by atoms with E-state index in [0.29, 0.717) is 22.6 Å². The third-order valence-electron chi connectivity index (χ3n) is 5.37. The molecular formula is C26H17ClN2O4. The average molecular weight is 457 g/mol. The molecule has 1 heterocycles. The summed E-state index contributed by atoms with van der Waals surface area (Å²) in [6, 6.07) is 24.6. The van der Waals surface area contributed by atoms with Crippen molar-refractivity contribution in [3.63, 3.8) is 0 Å². The molecule has 33 heavy (non-hydrogen) atoms. The molecule has 1 aliphatic rings. The van der Waals surface area contributed by atoms with Crippen LogP contribution in [0.15, 0.2) is 84.9 Å². The molecule has 1 aliphatic heterocycles. The first kappa shape index (κ1) is 20.7. The van der Waals surface area contributed by atoms with E-state index < -0.39 is 11.8 Å². The number of benzene rings is 4. The van der Waals surface area contributed by atoms with Crippen molar-refractivity contribution in [1.29, 1.82) is 0 Å². The molecule has 0 spiro atoms. The molecule has 0 aliphatic carbocycles. The van der Waals surface area contributed by atoms with Crippen LogP contribution in [0.25, 0.3) is 10.8 Å². The van der Waals surface area contributed by atoms with E-state index in [1.807, 2.05) is 42.5 Å². The predicted octanol–water partition coefficient (Wildman–Crippen LogP) is 5.31. The first-order valence-corrected chi connectivity index (χ1v) is 10.6. The van der Waals surface area contributed by atoms with Crippen LogP contribution in [0, 0.1) is 0 Å². The van der Waals surface area contributed by atoms with Crippen molar-refractivity contribution in [2.75, 3.05) is 16.8 Å². The van der Waals surface area contributed by atoms with Crippen molar-refractivity contribution in [2.45, 2.75) is 0 Å². The molecule has 162 valence electrons. The number of ether oxygens (including phenoxy) is 1. The molecule has 0 fully saturated rings. The maximum absolute atomic E-state index is 12.7. The maximum Gasteiger partial charge on any atom is 0.266 e. The van der Waals surface area contributed by atoms with Crippen LogP contribution in [0.5, 0.6) is 5.75 Å². The summed E-state index contributed by atoms with van der Waals surface area (Å²) in [5.41, 5.74) is 1.35. The fourth-order valence-corrected chi connectivity index (χ4v) is 4.10. The third-order valence-corrected chi connectivity index (χ3v) is 5.68. The number of carbonyl (C=O) groups excluding carboxylic acids is 3. The molecule has 6 nitrogen and oxygen atoms in total. The molecule has 0 atom stereocenters. The van der Waals surface area contributed by atoms with Gasteiger partial charge >= 0.3 is 0 Å². The summed E-state index contributed by atoms with van der Waals surface area (Å²) in [5, 5.41) is 4.82. The number of amides is 3. The molecule has 1 N–H and O–H groups in total. The van der Waals surface area contributed by atoms with Gasteiger partial charge in [0.2, 0.25) is 0 Å². The van der Waals surface area contributed by atoms with E-state index in [1.165, 1.54) is 12.1 Å². The highest BCUT2D eigenvalue weighted by molar-refractivity contribution is 6.40. The highest BCUT2D eigenvalue weighted by Gasteiger charge is 2.37. The van der Waals surface area contributed by atoms with E-state index in [0.717, 1.165) is 15.7 Å². The summed E-state index contributed by atoms with van der Waals surface area (Å²) >= 11 is 6.38. The molecule has 5 rings (SSSR count). The molecule has 4 aromatic carbocycles. The van der Waals surface area contributed by atoms with Crippen LogP contribution < -0.4 is 15.0 Å². The first-order chi connectivity index (χ1) is 16.0. The Morgan fingerprint density at radius 1 is 0.848 bits per heavy atom. The van der Waals surface area contributed by atoms with Crippen molar-refractivity contribution in [1.82, 2.24) is 0 Å². The Balaban J connectivity index is 1.29. The van der Waals surface area contributed by atoms with Gasteiger partial charge in [-0.3, -0.25) is 14.4 Å². The van der Waals surface area contributed by atoms with E-state index in [1.54, 1.807) is 30.3 Å². The Hall–Kier alpha value is -4.16. The Morgan fingerprint density at radius 3 is 2.24 bits per heavy atom. The molecule has 0 saturated carbocycles. The Bertz CT molecular complexity index is 1390. The second kappa shape index (κ2) is 8.41. The van der Waals surface area contributed by atoms with Crippen molar-refractivity contribution >= 4 is 51.5 Å². The SMILES string of the molecule is O=C(COc1cccc2ccccc12)Nc1ccc(N2C(=O)c3ccccc3C2=O)c(Cl)c1. The van der Waals surface area contributed by atoms with Gasteiger partial charge in [-0.2, -0.15) is 0 Å². The normalized spacial score (nSPS) is 12.7.